The molecule has 0 heterocycles. The standard InChI is InChI=1S/C11H22O3/c1-8-4-5-10(12)11(6-8)14-9(2)7-13-3/h8-12H,4-7H2,1-3H3. The molecule has 4 unspecified atom stereocenters. The van der Waals surface area contributed by atoms with Gasteiger partial charge in [0, 0.05) is 7.11 Å². The van der Waals surface area contributed by atoms with E-state index in [1.165, 1.54) is 0 Å². The molecule has 0 radical (unpaired) electrons. The second-order valence-corrected chi connectivity index (χ2v) is 4.43. The third kappa shape index (κ3) is 3.56. The van der Waals surface area contributed by atoms with Gasteiger partial charge in [0.05, 0.1) is 24.9 Å². The summed E-state index contributed by atoms with van der Waals surface area (Å²) in [4.78, 5) is 0. The largest absolute Gasteiger partial charge is 0.390 e. The Kier molecular flexibility index (Phi) is 4.85. The molecule has 84 valence electrons. The number of hydrogen-bond acceptors (Lipinski definition) is 3. The molecule has 0 aliphatic heterocycles. The lowest BCUT2D eigenvalue weighted by atomic mass is 9.86. The van der Waals surface area contributed by atoms with E-state index < -0.39 is 0 Å². The fraction of sp³-hybridized carbons (Fsp3) is 1.00. The van der Waals surface area contributed by atoms with Crippen molar-refractivity contribution < 1.29 is 14.6 Å². The maximum Gasteiger partial charge on any atom is 0.0841 e. The Labute approximate surface area is 86.4 Å². The normalized spacial score (nSPS) is 35.6. The summed E-state index contributed by atoms with van der Waals surface area (Å²) in [5.74, 6) is 0.665. The fourth-order valence-corrected chi connectivity index (χ4v) is 2.03. The Hall–Kier alpha value is -0.120. The van der Waals surface area contributed by atoms with Gasteiger partial charge in [-0.15, -0.1) is 0 Å². The molecule has 4 atom stereocenters. The lowest BCUT2D eigenvalue weighted by Gasteiger charge is -2.33. The van der Waals surface area contributed by atoms with Gasteiger partial charge in [0.25, 0.3) is 0 Å². The van der Waals surface area contributed by atoms with Crippen molar-refractivity contribution in [2.75, 3.05) is 13.7 Å². The molecule has 1 saturated carbocycles. The maximum absolute atomic E-state index is 9.74. The molecule has 3 heteroatoms. The highest BCUT2D eigenvalue weighted by atomic mass is 16.5. The third-order valence-electron chi connectivity index (χ3n) is 2.83. The first-order chi connectivity index (χ1) is 6.63. The molecule has 3 nitrogen and oxygen atoms in total. The minimum Gasteiger partial charge on any atom is -0.390 e. The highest BCUT2D eigenvalue weighted by molar-refractivity contribution is 4.79. The van der Waals surface area contributed by atoms with Crippen molar-refractivity contribution in [1.82, 2.24) is 0 Å². The summed E-state index contributed by atoms with van der Waals surface area (Å²) < 4.78 is 10.7. The lowest BCUT2D eigenvalue weighted by molar-refractivity contribution is -0.112. The molecule has 1 aliphatic rings. The van der Waals surface area contributed by atoms with Crippen LogP contribution in [0.1, 0.15) is 33.1 Å². The number of aliphatic hydroxyl groups is 1. The molecular formula is C11H22O3. The van der Waals surface area contributed by atoms with Crippen LogP contribution in [0.4, 0.5) is 0 Å². The highest BCUT2D eigenvalue weighted by Gasteiger charge is 2.28. The molecule has 0 spiro atoms. The number of rotatable bonds is 4. The second kappa shape index (κ2) is 5.69. The maximum atomic E-state index is 9.74. The van der Waals surface area contributed by atoms with E-state index in [2.05, 4.69) is 6.92 Å². The Morgan fingerprint density at radius 3 is 2.79 bits per heavy atom. The van der Waals surface area contributed by atoms with E-state index in [1.54, 1.807) is 7.11 Å². The van der Waals surface area contributed by atoms with E-state index in [4.69, 9.17) is 9.47 Å². The molecule has 14 heavy (non-hydrogen) atoms. The predicted octanol–water partition coefficient (Wildman–Crippen LogP) is 1.59. The van der Waals surface area contributed by atoms with Gasteiger partial charge in [-0.25, -0.2) is 0 Å². The van der Waals surface area contributed by atoms with Crippen molar-refractivity contribution in [2.45, 2.75) is 51.4 Å². The van der Waals surface area contributed by atoms with Crippen molar-refractivity contribution in [3.63, 3.8) is 0 Å². The minimum absolute atomic E-state index is 0.00361. The van der Waals surface area contributed by atoms with Crippen molar-refractivity contribution in [1.29, 1.82) is 0 Å². The predicted molar refractivity (Wildman–Crippen MR) is 55.2 cm³/mol. The van der Waals surface area contributed by atoms with Gasteiger partial charge in [-0.3, -0.25) is 0 Å². The summed E-state index contributed by atoms with van der Waals surface area (Å²) in [6.45, 7) is 4.79. The van der Waals surface area contributed by atoms with Gasteiger partial charge < -0.3 is 14.6 Å². The van der Waals surface area contributed by atoms with Gasteiger partial charge in [-0.1, -0.05) is 6.92 Å². The Morgan fingerprint density at radius 2 is 2.14 bits per heavy atom. The first-order valence-corrected chi connectivity index (χ1v) is 5.46. The van der Waals surface area contributed by atoms with Crippen LogP contribution >= 0.6 is 0 Å². The van der Waals surface area contributed by atoms with Crippen molar-refractivity contribution in [2.24, 2.45) is 5.92 Å². The van der Waals surface area contributed by atoms with Gasteiger partial charge in [-0.05, 0) is 32.1 Å². The van der Waals surface area contributed by atoms with E-state index in [1.807, 2.05) is 6.92 Å². The first kappa shape index (κ1) is 12.0. The van der Waals surface area contributed by atoms with Gasteiger partial charge in [0.1, 0.15) is 0 Å². The lowest BCUT2D eigenvalue weighted by Crippen LogP contribution is -2.38. The first-order valence-electron chi connectivity index (χ1n) is 5.46. The van der Waals surface area contributed by atoms with Crippen LogP contribution in [0, 0.1) is 5.92 Å². The smallest absolute Gasteiger partial charge is 0.0841 e. The number of hydrogen-bond donors (Lipinski definition) is 1. The van der Waals surface area contributed by atoms with E-state index in [9.17, 15) is 5.11 Å². The van der Waals surface area contributed by atoms with Crippen LogP contribution in [0.5, 0.6) is 0 Å². The SMILES string of the molecule is COCC(C)OC1CC(C)CCC1O. The molecule has 1 fully saturated rings. The molecule has 0 aromatic rings. The van der Waals surface area contributed by atoms with Crippen LogP contribution in [0.2, 0.25) is 0 Å². The molecule has 0 aromatic carbocycles. The van der Waals surface area contributed by atoms with Crippen molar-refractivity contribution in [3.05, 3.63) is 0 Å². The molecule has 0 bridgehead atoms. The van der Waals surface area contributed by atoms with Crippen LogP contribution in [0.3, 0.4) is 0 Å². The van der Waals surface area contributed by atoms with E-state index in [0.717, 1.165) is 19.3 Å². The van der Waals surface area contributed by atoms with E-state index in [0.29, 0.717) is 12.5 Å². The zero-order chi connectivity index (χ0) is 10.6. The number of ether oxygens (including phenoxy) is 2. The highest BCUT2D eigenvalue weighted by Crippen LogP contribution is 2.26. The number of methoxy groups -OCH3 is 1. The summed E-state index contributed by atoms with van der Waals surface area (Å²) in [6, 6.07) is 0. The zero-order valence-electron chi connectivity index (χ0n) is 9.40. The molecule has 0 aromatic heterocycles. The van der Waals surface area contributed by atoms with E-state index in [-0.39, 0.29) is 18.3 Å². The quantitative estimate of drug-likeness (QED) is 0.752. The Bertz CT molecular complexity index is 161. The van der Waals surface area contributed by atoms with Crippen molar-refractivity contribution in [3.8, 4) is 0 Å². The monoisotopic (exact) mass is 202 g/mol. The Balaban J connectivity index is 2.33. The summed E-state index contributed by atoms with van der Waals surface area (Å²) in [5, 5.41) is 9.74. The van der Waals surface area contributed by atoms with E-state index >= 15 is 0 Å². The third-order valence-corrected chi connectivity index (χ3v) is 2.83. The van der Waals surface area contributed by atoms with Crippen molar-refractivity contribution >= 4 is 0 Å². The van der Waals surface area contributed by atoms with Crippen LogP contribution < -0.4 is 0 Å². The molecule has 1 aliphatic carbocycles. The van der Waals surface area contributed by atoms with Crippen LogP contribution in [0.25, 0.3) is 0 Å². The summed E-state index contributed by atoms with van der Waals surface area (Å²) in [7, 11) is 1.67. The van der Waals surface area contributed by atoms with Gasteiger partial charge in [0.2, 0.25) is 0 Å². The summed E-state index contributed by atoms with van der Waals surface area (Å²) in [6.07, 6.45) is 2.74. The summed E-state index contributed by atoms with van der Waals surface area (Å²) >= 11 is 0. The van der Waals surface area contributed by atoms with Crippen LogP contribution in [-0.2, 0) is 9.47 Å². The zero-order valence-corrected chi connectivity index (χ0v) is 9.40. The molecule has 1 N–H and O–H groups in total. The van der Waals surface area contributed by atoms with Gasteiger partial charge in [0.15, 0.2) is 0 Å². The topological polar surface area (TPSA) is 38.7 Å². The second-order valence-electron chi connectivity index (χ2n) is 4.43. The average Bonchev–Trinajstić information content (AvgIpc) is 2.12. The van der Waals surface area contributed by atoms with Gasteiger partial charge in [-0.2, -0.15) is 0 Å². The molecule has 1 rings (SSSR count). The van der Waals surface area contributed by atoms with Crippen LogP contribution in [-0.4, -0.2) is 37.1 Å². The summed E-state index contributed by atoms with van der Waals surface area (Å²) in [5.41, 5.74) is 0. The molecular weight excluding hydrogens is 180 g/mol. The fourth-order valence-electron chi connectivity index (χ4n) is 2.03. The minimum atomic E-state index is -0.287. The van der Waals surface area contributed by atoms with Gasteiger partial charge >= 0.3 is 0 Å². The van der Waals surface area contributed by atoms with Crippen LogP contribution in [0.15, 0.2) is 0 Å². The molecule has 0 saturated heterocycles. The number of aliphatic hydroxyl groups excluding tert-OH is 1. The molecule has 0 amide bonds. The Morgan fingerprint density at radius 1 is 1.43 bits per heavy atom. The average molecular weight is 202 g/mol.